The number of hydrogen-bond donors (Lipinski definition) is 1. The van der Waals surface area contributed by atoms with Crippen LogP contribution in [0.1, 0.15) is 33.6 Å². The van der Waals surface area contributed by atoms with Gasteiger partial charge in [-0.3, -0.25) is 9.69 Å². The van der Waals surface area contributed by atoms with Crippen LogP contribution in [0, 0.1) is 11.8 Å². The summed E-state index contributed by atoms with van der Waals surface area (Å²) >= 11 is 0. The average Bonchev–Trinajstić information content (AvgIpc) is 2.77. The van der Waals surface area contributed by atoms with Crippen molar-refractivity contribution in [3.63, 3.8) is 0 Å². The Morgan fingerprint density at radius 1 is 1.38 bits per heavy atom. The van der Waals surface area contributed by atoms with Crippen LogP contribution in [-0.4, -0.2) is 72.4 Å². The monoisotopic (exact) mass is 298 g/mol. The molecule has 2 aliphatic rings. The Kier molecular flexibility index (Phi) is 5.63. The number of aliphatic hydroxyl groups is 1. The maximum Gasteiger partial charge on any atom is 0.222 e. The topological polar surface area (TPSA) is 53.0 Å². The number of hydrogen-bond acceptors (Lipinski definition) is 4. The molecule has 0 aromatic carbocycles. The highest BCUT2D eigenvalue weighted by Crippen LogP contribution is 2.34. The number of morpholine rings is 1. The summed E-state index contributed by atoms with van der Waals surface area (Å²) < 4.78 is 5.32. The number of nitrogens with zero attached hydrogens (tertiary/aromatic N) is 2. The molecule has 0 aliphatic carbocycles. The molecule has 5 nitrogen and oxygen atoms in total. The zero-order valence-electron chi connectivity index (χ0n) is 13.7. The molecule has 2 saturated heterocycles. The SMILES string of the molecule is CC(C)[C@@]1(O)CN(C(=O)CCCN2CCOCC2)C[C@@H]1C. The normalized spacial score (nSPS) is 31.1. The molecule has 2 atom stereocenters. The molecule has 0 aromatic heterocycles. The molecule has 0 bridgehead atoms. The minimum absolute atomic E-state index is 0.153. The summed E-state index contributed by atoms with van der Waals surface area (Å²) in [5, 5.41) is 10.7. The van der Waals surface area contributed by atoms with E-state index in [4.69, 9.17) is 4.74 Å². The Morgan fingerprint density at radius 3 is 2.62 bits per heavy atom. The highest BCUT2D eigenvalue weighted by atomic mass is 16.5. The Hall–Kier alpha value is -0.650. The number of carbonyl (C=O) groups is 1. The van der Waals surface area contributed by atoms with Crippen LogP contribution in [0.5, 0.6) is 0 Å². The molecule has 2 aliphatic heterocycles. The molecule has 0 spiro atoms. The third-order valence-corrected chi connectivity index (χ3v) is 5.11. The van der Waals surface area contributed by atoms with Gasteiger partial charge in [0.1, 0.15) is 0 Å². The first kappa shape index (κ1) is 16.7. The van der Waals surface area contributed by atoms with Gasteiger partial charge in [0.2, 0.25) is 5.91 Å². The molecule has 21 heavy (non-hydrogen) atoms. The van der Waals surface area contributed by atoms with E-state index >= 15 is 0 Å². The van der Waals surface area contributed by atoms with Crippen molar-refractivity contribution in [1.82, 2.24) is 9.80 Å². The molecule has 122 valence electrons. The van der Waals surface area contributed by atoms with Crippen LogP contribution < -0.4 is 0 Å². The van der Waals surface area contributed by atoms with E-state index in [0.29, 0.717) is 19.5 Å². The third kappa shape index (κ3) is 3.96. The second-order valence-electron chi connectivity index (χ2n) is 6.88. The van der Waals surface area contributed by atoms with Gasteiger partial charge in [-0.1, -0.05) is 20.8 Å². The van der Waals surface area contributed by atoms with E-state index in [1.165, 1.54) is 0 Å². The van der Waals surface area contributed by atoms with Crippen molar-refractivity contribution in [3.8, 4) is 0 Å². The Bertz CT molecular complexity index is 355. The first-order valence-corrected chi connectivity index (χ1v) is 8.23. The standard InChI is InChI=1S/C16H30N2O3/c1-13(2)16(20)12-18(11-14(16)3)15(19)5-4-6-17-7-9-21-10-8-17/h13-14,20H,4-12H2,1-3H3/t14-,16-/m0/s1. The van der Waals surface area contributed by atoms with Crippen LogP contribution in [0.25, 0.3) is 0 Å². The van der Waals surface area contributed by atoms with Crippen LogP contribution in [-0.2, 0) is 9.53 Å². The number of carbonyl (C=O) groups excluding carboxylic acids is 1. The van der Waals surface area contributed by atoms with Crippen molar-refractivity contribution in [2.75, 3.05) is 45.9 Å². The quantitative estimate of drug-likeness (QED) is 0.821. The molecule has 0 unspecified atom stereocenters. The van der Waals surface area contributed by atoms with E-state index in [1.54, 1.807) is 0 Å². The van der Waals surface area contributed by atoms with Crippen molar-refractivity contribution >= 4 is 5.91 Å². The predicted molar refractivity (Wildman–Crippen MR) is 82.0 cm³/mol. The van der Waals surface area contributed by atoms with Gasteiger partial charge in [0.05, 0.1) is 18.8 Å². The maximum atomic E-state index is 12.3. The summed E-state index contributed by atoms with van der Waals surface area (Å²) in [6.45, 7) is 11.8. The molecule has 2 fully saturated rings. The minimum Gasteiger partial charge on any atom is -0.387 e. The predicted octanol–water partition coefficient (Wildman–Crippen LogP) is 0.964. The highest BCUT2D eigenvalue weighted by Gasteiger charge is 2.46. The fraction of sp³-hybridized carbons (Fsp3) is 0.938. The van der Waals surface area contributed by atoms with Crippen LogP contribution >= 0.6 is 0 Å². The second-order valence-corrected chi connectivity index (χ2v) is 6.88. The number of likely N-dealkylation sites (tertiary alicyclic amines) is 1. The van der Waals surface area contributed by atoms with E-state index in [-0.39, 0.29) is 17.7 Å². The largest absolute Gasteiger partial charge is 0.387 e. The number of β-amino-alcohol motifs (C(OH)–C–C–N with tert-alkyl or cyclic N) is 1. The molecular formula is C16H30N2O3. The van der Waals surface area contributed by atoms with E-state index in [2.05, 4.69) is 4.90 Å². The average molecular weight is 298 g/mol. The van der Waals surface area contributed by atoms with Crippen LogP contribution in [0.15, 0.2) is 0 Å². The summed E-state index contributed by atoms with van der Waals surface area (Å²) in [5.41, 5.74) is -0.722. The van der Waals surface area contributed by atoms with Gasteiger partial charge in [0.15, 0.2) is 0 Å². The molecule has 1 amide bonds. The highest BCUT2D eigenvalue weighted by molar-refractivity contribution is 5.76. The van der Waals surface area contributed by atoms with Crippen molar-refractivity contribution in [3.05, 3.63) is 0 Å². The number of amides is 1. The Morgan fingerprint density at radius 2 is 2.05 bits per heavy atom. The van der Waals surface area contributed by atoms with Crippen molar-refractivity contribution < 1.29 is 14.6 Å². The zero-order chi connectivity index (χ0) is 15.5. The van der Waals surface area contributed by atoms with Crippen LogP contribution in [0.2, 0.25) is 0 Å². The first-order chi connectivity index (χ1) is 9.93. The first-order valence-electron chi connectivity index (χ1n) is 8.23. The Labute approximate surface area is 128 Å². The molecule has 0 radical (unpaired) electrons. The van der Waals surface area contributed by atoms with E-state index < -0.39 is 5.60 Å². The lowest BCUT2D eigenvalue weighted by atomic mass is 9.82. The van der Waals surface area contributed by atoms with Crippen molar-refractivity contribution in [1.29, 1.82) is 0 Å². The third-order valence-electron chi connectivity index (χ3n) is 5.11. The molecule has 2 rings (SSSR count). The maximum absolute atomic E-state index is 12.3. The fourth-order valence-electron chi connectivity index (χ4n) is 3.39. The van der Waals surface area contributed by atoms with Crippen LogP contribution in [0.4, 0.5) is 0 Å². The lowest BCUT2D eigenvalue weighted by Crippen LogP contribution is -2.43. The smallest absolute Gasteiger partial charge is 0.222 e. The van der Waals surface area contributed by atoms with Gasteiger partial charge < -0.3 is 14.7 Å². The van der Waals surface area contributed by atoms with Gasteiger partial charge in [0, 0.05) is 38.5 Å². The number of ether oxygens (including phenoxy) is 1. The summed E-state index contributed by atoms with van der Waals surface area (Å²) in [6, 6.07) is 0. The van der Waals surface area contributed by atoms with Crippen molar-refractivity contribution in [2.24, 2.45) is 11.8 Å². The molecule has 2 heterocycles. The molecular weight excluding hydrogens is 268 g/mol. The molecule has 0 saturated carbocycles. The zero-order valence-corrected chi connectivity index (χ0v) is 13.7. The van der Waals surface area contributed by atoms with E-state index in [9.17, 15) is 9.90 Å². The lowest BCUT2D eigenvalue weighted by Gasteiger charge is -2.31. The summed E-state index contributed by atoms with van der Waals surface area (Å²) in [4.78, 5) is 16.5. The van der Waals surface area contributed by atoms with Gasteiger partial charge in [-0.15, -0.1) is 0 Å². The molecule has 5 heteroatoms. The van der Waals surface area contributed by atoms with E-state index in [1.807, 2.05) is 25.7 Å². The van der Waals surface area contributed by atoms with Crippen LogP contribution in [0.3, 0.4) is 0 Å². The van der Waals surface area contributed by atoms with Gasteiger partial charge in [0.25, 0.3) is 0 Å². The molecule has 0 aromatic rings. The summed E-state index contributed by atoms with van der Waals surface area (Å²) in [7, 11) is 0. The Balaban J connectivity index is 1.74. The van der Waals surface area contributed by atoms with Crippen molar-refractivity contribution in [2.45, 2.75) is 39.2 Å². The fourth-order valence-corrected chi connectivity index (χ4v) is 3.39. The van der Waals surface area contributed by atoms with Gasteiger partial charge in [-0.2, -0.15) is 0 Å². The summed E-state index contributed by atoms with van der Waals surface area (Å²) in [5.74, 6) is 0.519. The van der Waals surface area contributed by atoms with Gasteiger partial charge in [-0.25, -0.2) is 0 Å². The minimum atomic E-state index is -0.722. The lowest BCUT2D eigenvalue weighted by molar-refractivity contribution is -0.131. The van der Waals surface area contributed by atoms with Gasteiger partial charge >= 0.3 is 0 Å². The van der Waals surface area contributed by atoms with Gasteiger partial charge in [-0.05, 0) is 18.9 Å². The summed E-state index contributed by atoms with van der Waals surface area (Å²) in [6.07, 6.45) is 1.47. The second kappa shape index (κ2) is 7.07. The van der Waals surface area contributed by atoms with E-state index in [0.717, 1.165) is 39.3 Å². The molecule has 1 N–H and O–H groups in total. The number of rotatable bonds is 5.